The Morgan fingerprint density at radius 2 is 2.24 bits per heavy atom. The Hall–Kier alpha value is -3.00. The molecule has 1 aliphatic heterocycles. The molecule has 0 bridgehead atoms. The second kappa shape index (κ2) is 6.48. The average molecular weight is 344 g/mol. The summed E-state index contributed by atoms with van der Waals surface area (Å²) in [6.07, 6.45) is 6.52. The molecule has 0 radical (unpaired) electrons. The summed E-state index contributed by atoms with van der Waals surface area (Å²) in [6, 6.07) is 1.05. The predicted octanol–water partition coefficient (Wildman–Crippen LogP) is 1.47. The van der Waals surface area contributed by atoms with Crippen molar-refractivity contribution in [1.82, 2.24) is 9.55 Å². The predicted molar refractivity (Wildman–Crippen MR) is 92.2 cm³/mol. The van der Waals surface area contributed by atoms with E-state index in [0.717, 1.165) is 11.6 Å². The maximum absolute atomic E-state index is 14.6. The number of carbonyl (C=O) groups is 1. The molecule has 0 amide bonds. The van der Waals surface area contributed by atoms with Crippen LogP contribution >= 0.6 is 0 Å². The number of carboxylic acids is 1. The Morgan fingerprint density at radius 1 is 1.48 bits per heavy atom. The van der Waals surface area contributed by atoms with Gasteiger partial charge in [-0.1, -0.05) is 6.08 Å². The van der Waals surface area contributed by atoms with Crippen LogP contribution in [-0.2, 0) is 6.54 Å². The van der Waals surface area contributed by atoms with E-state index in [0.29, 0.717) is 19.6 Å². The first-order chi connectivity index (χ1) is 12.0. The number of anilines is 1. The molecule has 3 N–H and O–H groups in total. The van der Waals surface area contributed by atoms with E-state index < -0.39 is 22.8 Å². The molecule has 1 aliphatic rings. The summed E-state index contributed by atoms with van der Waals surface area (Å²) in [5.74, 6) is -1.99. The maximum atomic E-state index is 14.6. The van der Waals surface area contributed by atoms with Crippen molar-refractivity contribution < 1.29 is 14.3 Å². The van der Waals surface area contributed by atoms with Crippen molar-refractivity contribution in [2.45, 2.75) is 13.5 Å². The number of nitrogens with two attached hydrogens (primary N) is 1. The number of allylic oxidation sites excluding steroid dienone is 2. The van der Waals surface area contributed by atoms with Crippen LogP contribution in [0.15, 0.2) is 41.0 Å². The molecule has 2 aromatic rings. The number of carboxylic acid groups (broad SMARTS) is 1. The highest BCUT2D eigenvalue weighted by Gasteiger charge is 2.20. The van der Waals surface area contributed by atoms with Gasteiger partial charge in [0.2, 0.25) is 5.43 Å². The van der Waals surface area contributed by atoms with Gasteiger partial charge in [0.1, 0.15) is 11.2 Å². The number of halogens is 1. The molecule has 3 heterocycles. The summed E-state index contributed by atoms with van der Waals surface area (Å²) < 4.78 is 16.1. The SMILES string of the molecule is CCn1cc(C(=O)O)c(=O)c2cc(F)c(N3C=CC=C(CN)C3)nc21. The number of fused-ring (bicyclic) bond motifs is 1. The van der Waals surface area contributed by atoms with Crippen LogP contribution in [0.25, 0.3) is 11.0 Å². The highest BCUT2D eigenvalue weighted by molar-refractivity contribution is 5.92. The summed E-state index contributed by atoms with van der Waals surface area (Å²) in [5.41, 5.74) is 5.64. The Morgan fingerprint density at radius 3 is 2.88 bits per heavy atom. The molecule has 8 heteroatoms. The van der Waals surface area contributed by atoms with Gasteiger partial charge in [-0.05, 0) is 24.6 Å². The lowest BCUT2D eigenvalue weighted by Crippen LogP contribution is -2.27. The van der Waals surface area contributed by atoms with Crippen molar-refractivity contribution in [3.05, 3.63) is 57.8 Å². The highest BCUT2D eigenvalue weighted by Crippen LogP contribution is 2.24. The highest BCUT2D eigenvalue weighted by atomic mass is 19.1. The van der Waals surface area contributed by atoms with Crippen LogP contribution in [0.2, 0.25) is 0 Å². The van der Waals surface area contributed by atoms with Gasteiger partial charge in [0.15, 0.2) is 11.6 Å². The number of aryl methyl sites for hydroxylation is 1. The van der Waals surface area contributed by atoms with Crippen molar-refractivity contribution in [2.24, 2.45) is 5.73 Å². The number of aromatic carboxylic acids is 1. The minimum atomic E-state index is -1.35. The van der Waals surface area contributed by atoms with Gasteiger partial charge in [-0.3, -0.25) is 4.79 Å². The second-order valence-corrected chi connectivity index (χ2v) is 5.63. The molecule has 3 rings (SSSR count). The number of pyridine rings is 2. The van der Waals surface area contributed by atoms with Crippen LogP contribution in [-0.4, -0.2) is 33.7 Å². The zero-order valence-electron chi connectivity index (χ0n) is 13.6. The summed E-state index contributed by atoms with van der Waals surface area (Å²) in [5, 5.41) is 9.11. The third kappa shape index (κ3) is 2.91. The van der Waals surface area contributed by atoms with E-state index in [1.165, 1.54) is 10.8 Å². The van der Waals surface area contributed by atoms with Gasteiger partial charge in [0.25, 0.3) is 0 Å². The van der Waals surface area contributed by atoms with Gasteiger partial charge in [0.05, 0.1) is 5.39 Å². The summed E-state index contributed by atoms with van der Waals surface area (Å²) in [7, 11) is 0. The van der Waals surface area contributed by atoms with Crippen molar-refractivity contribution >= 4 is 22.8 Å². The zero-order valence-corrected chi connectivity index (χ0v) is 13.6. The monoisotopic (exact) mass is 344 g/mol. The van der Waals surface area contributed by atoms with Crippen LogP contribution in [0.3, 0.4) is 0 Å². The molecule has 0 fully saturated rings. The number of hydrogen-bond donors (Lipinski definition) is 2. The van der Waals surface area contributed by atoms with E-state index in [4.69, 9.17) is 10.8 Å². The minimum absolute atomic E-state index is 0.0569. The second-order valence-electron chi connectivity index (χ2n) is 5.63. The minimum Gasteiger partial charge on any atom is -0.477 e. The topological polar surface area (TPSA) is 101 Å². The van der Waals surface area contributed by atoms with Gasteiger partial charge >= 0.3 is 5.97 Å². The molecule has 0 saturated carbocycles. The Bertz CT molecular complexity index is 978. The molecule has 7 nitrogen and oxygen atoms in total. The van der Waals surface area contributed by atoms with Crippen molar-refractivity contribution in [3.8, 4) is 0 Å². The van der Waals surface area contributed by atoms with Crippen molar-refractivity contribution in [1.29, 1.82) is 0 Å². The van der Waals surface area contributed by atoms with Crippen LogP contribution < -0.4 is 16.1 Å². The van der Waals surface area contributed by atoms with E-state index in [1.54, 1.807) is 24.1 Å². The van der Waals surface area contributed by atoms with Crippen LogP contribution in [0.4, 0.5) is 10.2 Å². The largest absolute Gasteiger partial charge is 0.477 e. The first kappa shape index (κ1) is 16.8. The normalized spacial score (nSPS) is 14.0. The van der Waals surface area contributed by atoms with E-state index >= 15 is 0 Å². The van der Waals surface area contributed by atoms with Gasteiger partial charge < -0.3 is 20.3 Å². The lowest BCUT2D eigenvalue weighted by atomic mass is 10.1. The number of rotatable bonds is 4. The summed E-state index contributed by atoms with van der Waals surface area (Å²) >= 11 is 0. The Kier molecular flexibility index (Phi) is 4.37. The molecule has 0 atom stereocenters. The number of nitrogens with zero attached hydrogens (tertiary/aromatic N) is 3. The molecule has 0 unspecified atom stereocenters. The Balaban J connectivity index is 2.21. The fourth-order valence-electron chi connectivity index (χ4n) is 2.76. The maximum Gasteiger partial charge on any atom is 0.341 e. The van der Waals surface area contributed by atoms with E-state index in [9.17, 15) is 14.0 Å². The number of hydrogen-bond acceptors (Lipinski definition) is 5. The fraction of sp³-hybridized carbons (Fsp3) is 0.235. The third-order valence-corrected chi connectivity index (χ3v) is 4.06. The van der Waals surface area contributed by atoms with Gasteiger partial charge in [0, 0.05) is 32.0 Å². The first-order valence-corrected chi connectivity index (χ1v) is 7.76. The average Bonchev–Trinajstić information content (AvgIpc) is 2.61. The molecule has 0 spiro atoms. The lowest BCUT2D eigenvalue weighted by Gasteiger charge is -2.24. The zero-order chi connectivity index (χ0) is 18.1. The molecule has 25 heavy (non-hydrogen) atoms. The fourth-order valence-corrected chi connectivity index (χ4v) is 2.76. The smallest absolute Gasteiger partial charge is 0.341 e. The van der Waals surface area contributed by atoms with Gasteiger partial charge in [-0.25, -0.2) is 14.2 Å². The van der Waals surface area contributed by atoms with Crippen LogP contribution in [0, 0.1) is 5.82 Å². The first-order valence-electron chi connectivity index (χ1n) is 7.76. The summed E-state index contributed by atoms with van der Waals surface area (Å²) in [4.78, 5) is 29.5. The van der Waals surface area contributed by atoms with Crippen molar-refractivity contribution in [2.75, 3.05) is 18.0 Å². The molecular formula is C17H17FN4O3. The van der Waals surface area contributed by atoms with E-state index in [2.05, 4.69) is 4.98 Å². The van der Waals surface area contributed by atoms with Crippen LogP contribution in [0.1, 0.15) is 17.3 Å². The molecule has 0 saturated heterocycles. The Labute approximate surface area is 142 Å². The quantitative estimate of drug-likeness (QED) is 0.871. The van der Waals surface area contributed by atoms with Gasteiger partial charge in [-0.15, -0.1) is 0 Å². The molecule has 2 aromatic heterocycles. The summed E-state index contributed by atoms with van der Waals surface area (Å²) in [6.45, 7) is 2.92. The van der Waals surface area contributed by atoms with Crippen molar-refractivity contribution in [3.63, 3.8) is 0 Å². The number of aromatic nitrogens is 2. The van der Waals surface area contributed by atoms with E-state index in [-0.39, 0.29) is 16.9 Å². The molecule has 0 aliphatic carbocycles. The van der Waals surface area contributed by atoms with Crippen LogP contribution in [0.5, 0.6) is 0 Å². The molecular weight excluding hydrogens is 327 g/mol. The third-order valence-electron chi connectivity index (χ3n) is 4.06. The lowest BCUT2D eigenvalue weighted by molar-refractivity contribution is 0.0695. The standard InChI is InChI=1S/C17H17FN4O3/c1-2-21-9-12(17(24)25)14(23)11-6-13(18)16(20-15(11)21)22-5-3-4-10(7-19)8-22/h3-6,9H,2,7-8,19H2,1H3,(H,24,25). The van der Waals surface area contributed by atoms with E-state index in [1.807, 2.05) is 6.08 Å². The molecule has 130 valence electrons. The van der Waals surface area contributed by atoms with Gasteiger partial charge in [-0.2, -0.15) is 0 Å². The molecule has 0 aromatic carbocycles.